The van der Waals surface area contributed by atoms with Gasteiger partial charge in [-0.2, -0.15) is 5.10 Å². The lowest BCUT2D eigenvalue weighted by atomic mass is 10.2. The molecule has 3 aromatic heterocycles. The Morgan fingerprint density at radius 1 is 1.38 bits per heavy atom. The maximum Gasteiger partial charge on any atom is 0.291 e. The molecule has 0 bridgehead atoms. The molecule has 122 valence electrons. The zero-order valence-electron chi connectivity index (χ0n) is 13.0. The number of methoxy groups -OCH3 is 1. The van der Waals surface area contributed by atoms with Crippen LogP contribution in [0, 0.1) is 3.01 Å². The minimum Gasteiger partial charge on any atom is -0.497 e. The topological polar surface area (TPSA) is 61.9 Å². The Morgan fingerprint density at radius 2 is 2.21 bits per heavy atom. The number of aryl methyl sites for hydroxylation is 1. The van der Waals surface area contributed by atoms with Crippen molar-refractivity contribution in [2.75, 3.05) is 7.11 Å². The van der Waals surface area contributed by atoms with Crippen LogP contribution in [0.15, 0.2) is 35.3 Å². The molecule has 0 unspecified atom stereocenters. The molecular formula is C16H13IN4O2S. The Balaban J connectivity index is 1.86. The third-order valence-corrected chi connectivity index (χ3v) is 5.73. The van der Waals surface area contributed by atoms with Gasteiger partial charge in [-0.25, -0.2) is 9.67 Å². The fourth-order valence-electron chi connectivity index (χ4n) is 2.82. The summed E-state index contributed by atoms with van der Waals surface area (Å²) < 4.78 is 10.5. The van der Waals surface area contributed by atoms with E-state index in [1.54, 1.807) is 24.6 Å². The number of rotatable bonds is 3. The van der Waals surface area contributed by atoms with Crippen LogP contribution < -0.4 is 10.3 Å². The van der Waals surface area contributed by atoms with Gasteiger partial charge in [-0.1, -0.05) is 12.1 Å². The first-order valence-corrected chi connectivity index (χ1v) is 9.11. The molecule has 0 spiro atoms. The van der Waals surface area contributed by atoms with Crippen molar-refractivity contribution in [1.29, 1.82) is 0 Å². The Morgan fingerprint density at radius 3 is 3.00 bits per heavy atom. The van der Waals surface area contributed by atoms with E-state index in [9.17, 15) is 4.79 Å². The number of hydrogen-bond acceptors (Lipinski definition) is 5. The van der Waals surface area contributed by atoms with Crippen LogP contribution in [-0.4, -0.2) is 26.4 Å². The summed E-state index contributed by atoms with van der Waals surface area (Å²) in [6.07, 6.45) is 1.76. The standard InChI is InChI=1S/C16H13IN4O2S/c1-20-12-11(13-14(20)19-16(17)24-13)7-18-21(15(12)22)8-9-4-3-5-10(6-9)23-2/h3-7H,8H2,1-2H3. The second-order valence-electron chi connectivity index (χ2n) is 5.40. The minimum absolute atomic E-state index is 0.113. The van der Waals surface area contributed by atoms with Crippen molar-refractivity contribution in [2.24, 2.45) is 7.05 Å². The van der Waals surface area contributed by atoms with Gasteiger partial charge < -0.3 is 9.30 Å². The number of aromatic nitrogens is 4. The van der Waals surface area contributed by atoms with Crippen molar-refractivity contribution in [2.45, 2.75) is 6.54 Å². The summed E-state index contributed by atoms with van der Waals surface area (Å²) in [6.45, 7) is 0.399. The van der Waals surface area contributed by atoms with E-state index >= 15 is 0 Å². The van der Waals surface area contributed by atoms with Crippen molar-refractivity contribution in [1.82, 2.24) is 19.3 Å². The SMILES string of the molecule is COc1cccc(Cn2ncc3c4sc(I)nc4n(C)c3c2=O)c1. The Bertz CT molecular complexity index is 1130. The van der Waals surface area contributed by atoms with Crippen LogP contribution in [0.5, 0.6) is 5.75 Å². The third kappa shape index (κ3) is 2.40. The summed E-state index contributed by atoms with van der Waals surface area (Å²) in [6, 6.07) is 7.64. The van der Waals surface area contributed by atoms with Crippen LogP contribution in [0.4, 0.5) is 0 Å². The van der Waals surface area contributed by atoms with Crippen LogP contribution in [0.3, 0.4) is 0 Å². The van der Waals surface area contributed by atoms with Crippen molar-refractivity contribution in [3.05, 3.63) is 49.4 Å². The molecule has 0 atom stereocenters. The van der Waals surface area contributed by atoms with Gasteiger partial charge >= 0.3 is 0 Å². The van der Waals surface area contributed by atoms with Gasteiger partial charge in [0.05, 0.1) is 24.6 Å². The number of fused-ring (bicyclic) bond motifs is 3. The molecule has 24 heavy (non-hydrogen) atoms. The number of ether oxygens (including phenoxy) is 1. The predicted octanol–water partition coefficient (Wildman–Crippen LogP) is 3.01. The monoisotopic (exact) mass is 452 g/mol. The van der Waals surface area contributed by atoms with E-state index in [1.807, 2.05) is 35.9 Å². The fourth-order valence-corrected chi connectivity index (χ4v) is 4.54. The quantitative estimate of drug-likeness (QED) is 0.449. The summed E-state index contributed by atoms with van der Waals surface area (Å²) in [5.41, 5.74) is 2.32. The number of nitrogens with zero attached hydrogens (tertiary/aromatic N) is 4. The van der Waals surface area contributed by atoms with Crippen LogP contribution >= 0.6 is 33.9 Å². The first-order valence-electron chi connectivity index (χ1n) is 7.22. The van der Waals surface area contributed by atoms with E-state index in [4.69, 9.17) is 4.74 Å². The van der Waals surface area contributed by atoms with Crippen LogP contribution in [-0.2, 0) is 13.6 Å². The van der Waals surface area contributed by atoms with E-state index in [0.29, 0.717) is 12.1 Å². The average molecular weight is 452 g/mol. The minimum atomic E-state index is -0.113. The molecule has 0 N–H and O–H groups in total. The molecule has 0 aliphatic heterocycles. The van der Waals surface area contributed by atoms with Gasteiger partial charge in [0.15, 0.2) is 8.66 Å². The first kappa shape index (κ1) is 15.6. The second kappa shape index (κ2) is 5.85. The summed E-state index contributed by atoms with van der Waals surface area (Å²) in [4.78, 5) is 17.4. The first-order chi connectivity index (χ1) is 11.6. The number of thiazole rings is 1. The van der Waals surface area contributed by atoms with Crippen molar-refractivity contribution in [3.8, 4) is 5.75 Å². The molecule has 0 saturated heterocycles. The second-order valence-corrected chi connectivity index (χ2v) is 8.15. The lowest BCUT2D eigenvalue weighted by Crippen LogP contribution is -2.24. The van der Waals surface area contributed by atoms with Gasteiger partial charge in [-0.3, -0.25) is 4.79 Å². The smallest absolute Gasteiger partial charge is 0.291 e. The van der Waals surface area contributed by atoms with E-state index in [1.165, 1.54) is 4.68 Å². The molecular weight excluding hydrogens is 439 g/mol. The molecule has 4 rings (SSSR count). The van der Waals surface area contributed by atoms with Gasteiger partial charge in [0.25, 0.3) is 5.56 Å². The van der Waals surface area contributed by atoms with Gasteiger partial charge in [0.2, 0.25) is 0 Å². The molecule has 0 saturated carbocycles. The van der Waals surface area contributed by atoms with Gasteiger partial charge in [-0.15, -0.1) is 11.3 Å². The zero-order chi connectivity index (χ0) is 16.8. The van der Waals surface area contributed by atoms with Gasteiger partial charge in [0.1, 0.15) is 11.3 Å². The molecule has 0 fully saturated rings. The highest BCUT2D eigenvalue weighted by atomic mass is 127. The van der Waals surface area contributed by atoms with Crippen LogP contribution in [0.2, 0.25) is 0 Å². The zero-order valence-corrected chi connectivity index (χ0v) is 16.0. The maximum atomic E-state index is 12.9. The Kier molecular flexibility index (Phi) is 3.80. The highest BCUT2D eigenvalue weighted by Crippen LogP contribution is 2.31. The summed E-state index contributed by atoms with van der Waals surface area (Å²) in [7, 11) is 3.50. The fraction of sp³-hybridized carbons (Fsp3) is 0.188. The van der Waals surface area contributed by atoms with E-state index in [-0.39, 0.29) is 5.56 Å². The van der Waals surface area contributed by atoms with Crippen molar-refractivity contribution >= 4 is 55.2 Å². The van der Waals surface area contributed by atoms with Gasteiger partial charge in [0, 0.05) is 12.4 Å². The van der Waals surface area contributed by atoms with E-state index in [2.05, 4.69) is 32.7 Å². The molecule has 1 aromatic carbocycles. The highest BCUT2D eigenvalue weighted by molar-refractivity contribution is 14.1. The molecule has 0 amide bonds. The maximum absolute atomic E-state index is 12.9. The van der Waals surface area contributed by atoms with E-state index < -0.39 is 0 Å². The molecule has 3 heterocycles. The normalized spacial score (nSPS) is 11.5. The molecule has 8 heteroatoms. The number of benzene rings is 1. The largest absolute Gasteiger partial charge is 0.497 e. The number of halogens is 1. The van der Waals surface area contributed by atoms with Crippen molar-refractivity contribution < 1.29 is 4.74 Å². The summed E-state index contributed by atoms with van der Waals surface area (Å²) in [5, 5.41) is 5.22. The predicted molar refractivity (Wildman–Crippen MR) is 103 cm³/mol. The summed E-state index contributed by atoms with van der Waals surface area (Å²) >= 11 is 3.77. The average Bonchev–Trinajstić information content (AvgIpc) is 3.08. The number of hydrogen-bond donors (Lipinski definition) is 0. The van der Waals surface area contributed by atoms with Gasteiger partial charge in [-0.05, 0) is 40.3 Å². The highest BCUT2D eigenvalue weighted by Gasteiger charge is 2.17. The molecule has 6 nitrogen and oxygen atoms in total. The molecule has 0 radical (unpaired) electrons. The van der Waals surface area contributed by atoms with Crippen LogP contribution in [0.25, 0.3) is 21.3 Å². The third-order valence-electron chi connectivity index (χ3n) is 3.97. The molecule has 0 aliphatic carbocycles. The Labute approximate surface area is 154 Å². The van der Waals surface area contributed by atoms with Crippen molar-refractivity contribution in [3.63, 3.8) is 0 Å². The Hall–Kier alpha value is -1.94. The molecule has 4 aromatic rings. The van der Waals surface area contributed by atoms with Crippen LogP contribution in [0.1, 0.15) is 5.56 Å². The lowest BCUT2D eigenvalue weighted by molar-refractivity contribution is 0.414. The van der Waals surface area contributed by atoms with E-state index in [0.717, 1.165) is 30.1 Å². The molecule has 0 aliphatic rings. The summed E-state index contributed by atoms with van der Waals surface area (Å²) in [5.74, 6) is 0.764. The lowest BCUT2D eigenvalue weighted by Gasteiger charge is -2.07.